The Labute approximate surface area is 145 Å². The Bertz CT molecular complexity index is 757. The summed E-state index contributed by atoms with van der Waals surface area (Å²) in [7, 11) is 0. The average molecular weight is 341 g/mol. The van der Waals surface area contributed by atoms with Gasteiger partial charge in [0.1, 0.15) is 6.10 Å². The number of hydrogen-bond donors (Lipinski definition) is 3. The Kier molecular flexibility index (Phi) is 5.20. The second-order valence-electron chi connectivity index (χ2n) is 5.68. The average Bonchev–Trinajstić information content (AvgIpc) is 3.11. The lowest BCUT2D eigenvalue weighted by Crippen LogP contribution is -2.27. The number of benzene rings is 1. The Hall–Kier alpha value is -3.00. The summed E-state index contributed by atoms with van der Waals surface area (Å²) in [6.07, 6.45) is 1.21. The maximum absolute atomic E-state index is 12.0. The number of amides is 2. The molecule has 0 aliphatic carbocycles. The van der Waals surface area contributed by atoms with E-state index in [9.17, 15) is 9.59 Å². The van der Waals surface area contributed by atoms with Gasteiger partial charge in [-0.1, -0.05) is 6.07 Å². The van der Waals surface area contributed by atoms with Crippen LogP contribution in [0.25, 0.3) is 0 Å². The predicted octanol–water partition coefficient (Wildman–Crippen LogP) is 2.30. The van der Waals surface area contributed by atoms with E-state index < -0.39 is 6.10 Å². The number of carbonyl (C=O) groups excluding carboxylic acids is 2. The smallest absolute Gasteiger partial charge is 0.254 e. The van der Waals surface area contributed by atoms with Crippen LogP contribution in [-0.2, 0) is 14.3 Å². The molecule has 0 saturated carbocycles. The van der Waals surface area contributed by atoms with Gasteiger partial charge in [0.15, 0.2) is 11.6 Å². The lowest BCUT2D eigenvalue weighted by Gasteiger charge is -2.10. The van der Waals surface area contributed by atoms with Crippen LogP contribution in [0.3, 0.4) is 0 Å². The molecule has 0 bridgehead atoms. The normalized spacial score (nSPS) is 16.3. The van der Waals surface area contributed by atoms with Crippen molar-refractivity contribution in [3.8, 4) is 0 Å². The molecule has 1 aromatic carbocycles. The zero-order chi connectivity index (χ0) is 17.6. The minimum absolute atomic E-state index is 0.136. The summed E-state index contributed by atoms with van der Waals surface area (Å²) in [6, 6.07) is 10.6. The molecule has 1 unspecified atom stereocenters. The van der Waals surface area contributed by atoms with E-state index in [0.717, 1.165) is 18.5 Å². The van der Waals surface area contributed by atoms with E-state index in [0.29, 0.717) is 23.9 Å². The molecule has 2 heterocycles. The van der Waals surface area contributed by atoms with Gasteiger partial charge < -0.3 is 20.7 Å². The van der Waals surface area contributed by atoms with Gasteiger partial charge >= 0.3 is 0 Å². The van der Waals surface area contributed by atoms with Crippen LogP contribution in [0, 0.1) is 0 Å². The van der Waals surface area contributed by atoms with Gasteiger partial charge in [0.05, 0.1) is 0 Å². The second-order valence-corrected chi connectivity index (χ2v) is 5.68. The first-order valence-corrected chi connectivity index (χ1v) is 8.01. The molecule has 8 heteroatoms. The van der Waals surface area contributed by atoms with E-state index in [-0.39, 0.29) is 11.8 Å². The molecule has 0 radical (unpaired) electrons. The van der Waals surface area contributed by atoms with Gasteiger partial charge in [-0.15, -0.1) is 10.2 Å². The summed E-state index contributed by atoms with van der Waals surface area (Å²) >= 11 is 0. The molecule has 2 amide bonds. The molecule has 3 N–H and O–H groups in total. The molecule has 0 spiro atoms. The van der Waals surface area contributed by atoms with Gasteiger partial charge in [0.25, 0.3) is 5.91 Å². The SMILES string of the molecule is CC(=O)Nc1cccc(Nc2ccc(NC(=O)C3CCCO3)nn2)c1. The summed E-state index contributed by atoms with van der Waals surface area (Å²) in [5, 5.41) is 16.5. The maximum Gasteiger partial charge on any atom is 0.254 e. The molecule has 1 aliphatic rings. The Morgan fingerprint density at radius 2 is 1.84 bits per heavy atom. The number of anilines is 4. The number of carbonyl (C=O) groups is 2. The van der Waals surface area contributed by atoms with Crippen molar-refractivity contribution in [2.45, 2.75) is 25.9 Å². The molecule has 8 nitrogen and oxygen atoms in total. The third-order valence-corrected chi connectivity index (χ3v) is 3.59. The van der Waals surface area contributed by atoms with Crippen LogP contribution in [0.5, 0.6) is 0 Å². The molecule has 130 valence electrons. The van der Waals surface area contributed by atoms with Crippen LogP contribution < -0.4 is 16.0 Å². The van der Waals surface area contributed by atoms with Crippen LogP contribution in [0.4, 0.5) is 23.0 Å². The molecule has 1 saturated heterocycles. The number of nitrogens with one attached hydrogen (secondary N) is 3. The van der Waals surface area contributed by atoms with Crippen LogP contribution in [0.1, 0.15) is 19.8 Å². The van der Waals surface area contributed by atoms with E-state index in [1.807, 2.05) is 12.1 Å². The van der Waals surface area contributed by atoms with Gasteiger partial charge in [-0.3, -0.25) is 9.59 Å². The van der Waals surface area contributed by atoms with E-state index in [1.165, 1.54) is 6.92 Å². The van der Waals surface area contributed by atoms with Crippen molar-refractivity contribution in [2.75, 3.05) is 22.6 Å². The van der Waals surface area contributed by atoms with Crippen molar-refractivity contribution in [3.05, 3.63) is 36.4 Å². The molecular weight excluding hydrogens is 322 g/mol. The highest BCUT2D eigenvalue weighted by atomic mass is 16.5. The standard InChI is InChI=1S/C17H19N5O3/c1-11(23)18-12-4-2-5-13(10-12)19-15-7-8-16(22-21-15)20-17(24)14-6-3-9-25-14/h2,4-5,7-8,10,14H,3,6,9H2,1H3,(H,18,23)(H,19,21)(H,20,22,24). The highest BCUT2D eigenvalue weighted by Gasteiger charge is 2.23. The molecule has 3 rings (SSSR count). The number of ether oxygens (including phenoxy) is 1. The van der Waals surface area contributed by atoms with Crippen molar-refractivity contribution in [1.82, 2.24) is 10.2 Å². The lowest BCUT2D eigenvalue weighted by atomic mass is 10.2. The third-order valence-electron chi connectivity index (χ3n) is 3.59. The fourth-order valence-corrected chi connectivity index (χ4v) is 2.48. The van der Waals surface area contributed by atoms with Crippen LogP contribution in [0.15, 0.2) is 36.4 Å². The summed E-state index contributed by atoms with van der Waals surface area (Å²) in [5.74, 6) is 0.562. The van der Waals surface area contributed by atoms with Crippen LogP contribution in [0.2, 0.25) is 0 Å². The molecule has 1 fully saturated rings. The van der Waals surface area contributed by atoms with E-state index >= 15 is 0 Å². The topological polar surface area (TPSA) is 105 Å². The summed E-state index contributed by atoms with van der Waals surface area (Å²) in [6.45, 7) is 2.07. The van der Waals surface area contributed by atoms with Gasteiger partial charge in [-0.25, -0.2) is 0 Å². The Balaban J connectivity index is 1.60. The largest absolute Gasteiger partial charge is 0.368 e. The first-order valence-electron chi connectivity index (χ1n) is 8.01. The minimum Gasteiger partial charge on any atom is -0.368 e. The zero-order valence-corrected chi connectivity index (χ0v) is 13.8. The van der Waals surface area contributed by atoms with E-state index in [1.54, 1.807) is 24.3 Å². The van der Waals surface area contributed by atoms with Gasteiger partial charge in [-0.2, -0.15) is 0 Å². The molecule has 1 atom stereocenters. The summed E-state index contributed by atoms with van der Waals surface area (Å²) in [4.78, 5) is 23.1. The highest BCUT2D eigenvalue weighted by molar-refractivity contribution is 5.93. The Morgan fingerprint density at radius 3 is 2.52 bits per heavy atom. The maximum atomic E-state index is 12.0. The van der Waals surface area contributed by atoms with Gasteiger partial charge in [0, 0.05) is 24.9 Å². The third kappa shape index (κ3) is 4.74. The fraction of sp³-hybridized carbons (Fsp3) is 0.294. The second kappa shape index (κ2) is 7.71. The molecule has 2 aromatic rings. The number of nitrogens with zero attached hydrogens (tertiary/aromatic N) is 2. The van der Waals surface area contributed by atoms with Crippen molar-refractivity contribution >= 4 is 34.8 Å². The minimum atomic E-state index is -0.406. The highest BCUT2D eigenvalue weighted by Crippen LogP contribution is 2.19. The number of rotatable bonds is 5. The summed E-state index contributed by atoms with van der Waals surface area (Å²) in [5.41, 5.74) is 1.45. The van der Waals surface area contributed by atoms with E-state index in [2.05, 4.69) is 26.1 Å². The quantitative estimate of drug-likeness (QED) is 0.771. The molecule has 1 aromatic heterocycles. The van der Waals surface area contributed by atoms with E-state index in [4.69, 9.17) is 4.74 Å². The van der Waals surface area contributed by atoms with Crippen molar-refractivity contribution in [3.63, 3.8) is 0 Å². The number of hydrogen-bond acceptors (Lipinski definition) is 6. The fourth-order valence-electron chi connectivity index (χ4n) is 2.48. The molecule has 25 heavy (non-hydrogen) atoms. The Morgan fingerprint density at radius 1 is 1.08 bits per heavy atom. The molecule has 1 aliphatic heterocycles. The van der Waals surface area contributed by atoms with Gasteiger partial charge in [0.2, 0.25) is 5.91 Å². The van der Waals surface area contributed by atoms with Crippen LogP contribution >= 0.6 is 0 Å². The van der Waals surface area contributed by atoms with Gasteiger partial charge in [-0.05, 0) is 43.2 Å². The number of aromatic nitrogens is 2. The zero-order valence-electron chi connectivity index (χ0n) is 13.8. The van der Waals surface area contributed by atoms with Crippen molar-refractivity contribution in [2.24, 2.45) is 0 Å². The predicted molar refractivity (Wildman–Crippen MR) is 93.7 cm³/mol. The lowest BCUT2D eigenvalue weighted by molar-refractivity contribution is -0.124. The summed E-state index contributed by atoms with van der Waals surface area (Å²) < 4.78 is 5.33. The first kappa shape index (κ1) is 16.8. The first-order chi connectivity index (χ1) is 12.1. The monoisotopic (exact) mass is 341 g/mol. The van der Waals surface area contributed by atoms with Crippen molar-refractivity contribution < 1.29 is 14.3 Å². The van der Waals surface area contributed by atoms with Crippen molar-refractivity contribution in [1.29, 1.82) is 0 Å². The van der Waals surface area contributed by atoms with Crippen LogP contribution in [-0.4, -0.2) is 34.7 Å². The molecular formula is C17H19N5O3.